The van der Waals surface area contributed by atoms with Crippen LogP contribution in [0.1, 0.15) is 35.7 Å². The van der Waals surface area contributed by atoms with E-state index in [0.717, 1.165) is 5.56 Å². The number of carbonyl (C=O) groups is 3. The highest BCUT2D eigenvalue weighted by Gasteiger charge is 2.40. The highest BCUT2D eigenvalue weighted by Crippen LogP contribution is 2.37. The van der Waals surface area contributed by atoms with Crippen LogP contribution >= 0.6 is 34.2 Å². The van der Waals surface area contributed by atoms with Crippen molar-refractivity contribution in [1.29, 1.82) is 0 Å². The number of nitrogens with zero attached hydrogens (tertiary/aromatic N) is 1. The number of aldehydes is 1. The largest absolute Gasteiger partial charge is 0.493 e. The van der Waals surface area contributed by atoms with Gasteiger partial charge in [-0.1, -0.05) is 30.7 Å². The first-order valence-electron chi connectivity index (χ1n) is 12.0. The van der Waals surface area contributed by atoms with E-state index in [9.17, 15) is 19.5 Å². The minimum absolute atomic E-state index is 0.0518. The summed E-state index contributed by atoms with van der Waals surface area (Å²) in [6.45, 7) is 1.74. The van der Waals surface area contributed by atoms with Crippen LogP contribution in [-0.2, 0) is 16.1 Å². The van der Waals surface area contributed by atoms with Gasteiger partial charge in [-0.05, 0) is 58.5 Å². The molecule has 1 aliphatic carbocycles. The Hall–Kier alpha value is -2.67. The molecule has 0 saturated carbocycles. The van der Waals surface area contributed by atoms with Crippen molar-refractivity contribution in [2.75, 3.05) is 20.3 Å². The van der Waals surface area contributed by atoms with E-state index < -0.39 is 24.2 Å². The fourth-order valence-electron chi connectivity index (χ4n) is 4.22. The van der Waals surface area contributed by atoms with Gasteiger partial charge in [0.25, 0.3) is 0 Å². The van der Waals surface area contributed by atoms with Crippen molar-refractivity contribution in [2.24, 2.45) is 0 Å². The van der Waals surface area contributed by atoms with E-state index in [0.29, 0.717) is 31.8 Å². The molecule has 0 spiro atoms. The summed E-state index contributed by atoms with van der Waals surface area (Å²) < 4.78 is 12.2. The van der Waals surface area contributed by atoms with Gasteiger partial charge < -0.3 is 29.9 Å². The first-order valence-corrected chi connectivity index (χ1v) is 13.5. The normalized spacial score (nSPS) is 18.8. The van der Waals surface area contributed by atoms with Gasteiger partial charge in [-0.25, -0.2) is 0 Å². The summed E-state index contributed by atoms with van der Waals surface area (Å²) in [6.07, 6.45) is 0.263. The molecule has 3 atom stereocenters. The summed E-state index contributed by atoms with van der Waals surface area (Å²) in [5, 5.41) is 23.9. The molecule has 3 N–H and O–H groups in total. The van der Waals surface area contributed by atoms with E-state index >= 15 is 0 Å². The minimum atomic E-state index is -1.20. The van der Waals surface area contributed by atoms with E-state index in [1.165, 1.54) is 19.3 Å². The number of hydrogen-bond donors (Lipinski definition) is 3. The maximum Gasteiger partial charge on any atom is 0.247 e. The third kappa shape index (κ3) is 7.25. The SMILES string of the molecule is CCC(=O)N(Cc1ccc(Cl)cc1)[C@@H]1CC(C(=O)NCCO)=C[C@H](Oc2c(I)cc(C=O)cc2OC)[C@H]1O. The van der Waals surface area contributed by atoms with Gasteiger partial charge in [-0.2, -0.15) is 0 Å². The highest BCUT2D eigenvalue weighted by atomic mass is 127. The molecule has 0 aromatic heterocycles. The summed E-state index contributed by atoms with van der Waals surface area (Å²) in [4.78, 5) is 38.9. The Morgan fingerprint density at radius 2 is 1.97 bits per heavy atom. The zero-order valence-electron chi connectivity index (χ0n) is 21.0. The van der Waals surface area contributed by atoms with Gasteiger partial charge in [-0.3, -0.25) is 14.4 Å². The van der Waals surface area contributed by atoms with Crippen molar-refractivity contribution in [3.05, 3.63) is 67.8 Å². The Kier molecular flexibility index (Phi) is 11.0. The molecular weight excluding hydrogens is 627 g/mol. The third-order valence-electron chi connectivity index (χ3n) is 6.15. The summed E-state index contributed by atoms with van der Waals surface area (Å²) in [5.41, 5.74) is 1.51. The van der Waals surface area contributed by atoms with Gasteiger partial charge in [-0.15, -0.1) is 0 Å². The molecule has 1 aliphatic rings. The lowest BCUT2D eigenvalue weighted by Crippen LogP contribution is -2.54. The van der Waals surface area contributed by atoms with Gasteiger partial charge in [0.2, 0.25) is 11.8 Å². The van der Waals surface area contributed by atoms with Crippen molar-refractivity contribution in [2.45, 2.75) is 44.6 Å². The van der Waals surface area contributed by atoms with Crippen LogP contribution < -0.4 is 14.8 Å². The number of ether oxygens (including phenoxy) is 2. The molecule has 2 amide bonds. The number of carbonyl (C=O) groups excluding carboxylic acids is 3. The lowest BCUT2D eigenvalue weighted by atomic mass is 9.87. The monoisotopic (exact) mass is 656 g/mol. The number of benzene rings is 2. The molecule has 0 fully saturated rings. The topological polar surface area (TPSA) is 125 Å². The molecule has 0 unspecified atom stereocenters. The predicted molar refractivity (Wildman–Crippen MR) is 150 cm³/mol. The van der Waals surface area contributed by atoms with Crippen molar-refractivity contribution >= 4 is 52.3 Å². The number of methoxy groups -OCH3 is 1. The Morgan fingerprint density at radius 1 is 1.26 bits per heavy atom. The second-order valence-electron chi connectivity index (χ2n) is 8.67. The number of rotatable bonds is 11. The Balaban J connectivity index is 2.02. The zero-order valence-corrected chi connectivity index (χ0v) is 23.9. The van der Waals surface area contributed by atoms with Gasteiger partial charge in [0.15, 0.2) is 11.5 Å². The fourth-order valence-corrected chi connectivity index (χ4v) is 5.10. The average molecular weight is 657 g/mol. The molecule has 204 valence electrons. The molecule has 11 heteroatoms. The Morgan fingerprint density at radius 3 is 2.58 bits per heavy atom. The zero-order chi connectivity index (χ0) is 27.8. The molecule has 9 nitrogen and oxygen atoms in total. The molecule has 0 radical (unpaired) electrons. The fraction of sp³-hybridized carbons (Fsp3) is 0.370. The highest BCUT2D eigenvalue weighted by molar-refractivity contribution is 14.1. The predicted octanol–water partition coefficient (Wildman–Crippen LogP) is 3.12. The van der Waals surface area contributed by atoms with Crippen molar-refractivity contribution in [3.63, 3.8) is 0 Å². The second kappa shape index (κ2) is 13.9. The van der Waals surface area contributed by atoms with Gasteiger partial charge in [0.05, 0.1) is 23.3 Å². The number of halogens is 2. The maximum atomic E-state index is 13.1. The lowest BCUT2D eigenvalue weighted by Gasteiger charge is -2.40. The summed E-state index contributed by atoms with van der Waals surface area (Å²) >= 11 is 8.02. The van der Waals surface area contributed by atoms with Gasteiger partial charge >= 0.3 is 0 Å². The molecule has 0 heterocycles. The number of aliphatic hydroxyl groups is 2. The Bertz CT molecular complexity index is 1190. The molecule has 2 aromatic rings. The average Bonchev–Trinajstić information content (AvgIpc) is 2.92. The van der Waals surface area contributed by atoms with Crippen molar-refractivity contribution in [3.8, 4) is 11.5 Å². The number of hydrogen-bond acceptors (Lipinski definition) is 7. The third-order valence-corrected chi connectivity index (χ3v) is 7.20. The van der Waals surface area contributed by atoms with Gasteiger partial charge in [0.1, 0.15) is 18.5 Å². The van der Waals surface area contributed by atoms with Crippen LogP contribution in [0.2, 0.25) is 5.02 Å². The van der Waals surface area contributed by atoms with Crippen LogP contribution in [0, 0.1) is 3.57 Å². The van der Waals surface area contributed by atoms with Crippen molar-refractivity contribution < 1.29 is 34.1 Å². The maximum absolute atomic E-state index is 13.1. The van der Waals surface area contributed by atoms with Crippen LogP contribution in [0.5, 0.6) is 11.5 Å². The van der Waals surface area contributed by atoms with Gasteiger partial charge in [0, 0.05) is 42.1 Å². The van der Waals surface area contributed by atoms with Crippen LogP contribution in [0.3, 0.4) is 0 Å². The Labute approximate surface area is 239 Å². The standard InChI is InChI=1S/C27H30ClIN2O7/c1-3-24(34)31(14-16-4-6-19(28)7-5-16)21-12-18(27(36)30-8-9-32)13-22(25(21)35)38-26-20(29)10-17(15-33)11-23(26)37-2/h4-7,10-11,13,15,21-22,25,32,35H,3,8-9,12,14H2,1-2H3,(H,30,36)/t21-,22+,25+/m1/s1. The van der Waals surface area contributed by atoms with Crippen LogP contribution in [0.4, 0.5) is 0 Å². The molecule has 38 heavy (non-hydrogen) atoms. The minimum Gasteiger partial charge on any atom is -0.493 e. The van der Waals surface area contributed by atoms with Crippen molar-refractivity contribution in [1.82, 2.24) is 10.2 Å². The lowest BCUT2D eigenvalue weighted by molar-refractivity contribution is -0.139. The molecule has 2 aromatic carbocycles. The number of amides is 2. The van der Waals surface area contributed by atoms with E-state index in [2.05, 4.69) is 5.32 Å². The summed E-state index contributed by atoms with van der Waals surface area (Å²) in [7, 11) is 1.43. The van der Waals surface area contributed by atoms with E-state index in [1.54, 1.807) is 42.2 Å². The molecular formula is C27H30ClIN2O7. The quantitative estimate of drug-likeness (QED) is 0.251. The second-order valence-corrected chi connectivity index (χ2v) is 10.3. The molecule has 3 rings (SSSR count). The van der Waals surface area contributed by atoms with E-state index in [4.69, 9.17) is 26.2 Å². The van der Waals surface area contributed by atoms with E-state index in [1.807, 2.05) is 22.6 Å². The summed E-state index contributed by atoms with van der Waals surface area (Å²) in [6, 6.07) is 9.38. The first kappa shape index (κ1) is 29.9. The van der Waals surface area contributed by atoms with E-state index in [-0.39, 0.29) is 44.2 Å². The molecule has 0 saturated heterocycles. The number of nitrogens with one attached hydrogen (secondary N) is 1. The number of aliphatic hydroxyl groups excluding tert-OH is 2. The van der Waals surface area contributed by atoms with Crippen LogP contribution in [0.15, 0.2) is 48.0 Å². The molecule has 0 bridgehead atoms. The smallest absolute Gasteiger partial charge is 0.247 e. The van der Waals surface area contributed by atoms with Crippen LogP contribution in [0.25, 0.3) is 0 Å². The van der Waals surface area contributed by atoms with Crippen LogP contribution in [-0.4, -0.2) is 71.7 Å². The molecule has 0 aliphatic heterocycles. The first-order chi connectivity index (χ1) is 18.2. The summed E-state index contributed by atoms with van der Waals surface area (Å²) in [5.74, 6) is -0.0586.